The number of aryl methyl sites for hydroxylation is 2. The summed E-state index contributed by atoms with van der Waals surface area (Å²) in [6, 6.07) is 26.9. The lowest BCUT2D eigenvalue weighted by atomic mass is 9.75. The molecule has 0 fully saturated rings. The lowest BCUT2D eigenvalue weighted by Gasteiger charge is -2.27. The smallest absolute Gasteiger partial charge is 0.201 e. The number of nitrogens with zero attached hydrogens (tertiary/aromatic N) is 3. The van der Waals surface area contributed by atoms with Gasteiger partial charge in [-0.1, -0.05) is 44.2 Å². The molecule has 3 nitrogen and oxygen atoms in total. The van der Waals surface area contributed by atoms with Crippen molar-refractivity contribution in [3.05, 3.63) is 101 Å². The van der Waals surface area contributed by atoms with Gasteiger partial charge < -0.3 is 0 Å². The molecule has 0 spiro atoms. The molecule has 1 aromatic heterocycles. The third-order valence-electron chi connectivity index (χ3n) is 6.89. The molecule has 4 aromatic rings. The minimum atomic E-state index is -0.315. The van der Waals surface area contributed by atoms with E-state index in [0.717, 1.165) is 11.1 Å². The highest BCUT2D eigenvalue weighted by Gasteiger charge is 2.42. The molecular weight excluding hydrogens is 402 g/mol. The second kappa shape index (κ2) is 7.44. The van der Waals surface area contributed by atoms with Gasteiger partial charge >= 0.3 is 0 Å². The SMILES string of the molecule is Cc1ccc2c(c1-c1cccc[n+]1C)C(C)(C)c1c-2ccc(C#N)c1-c1ccc(C#N)cc1. The van der Waals surface area contributed by atoms with Crippen LogP contribution in [-0.4, -0.2) is 0 Å². The maximum Gasteiger partial charge on any atom is 0.212 e. The van der Waals surface area contributed by atoms with Gasteiger partial charge in [0.1, 0.15) is 7.05 Å². The molecule has 0 radical (unpaired) electrons. The summed E-state index contributed by atoms with van der Waals surface area (Å²) < 4.78 is 2.17. The van der Waals surface area contributed by atoms with Crippen molar-refractivity contribution in [2.75, 3.05) is 0 Å². The van der Waals surface area contributed by atoms with E-state index in [4.69, 9.17) is 0 Å². The van der Waals surface area contributed by atoms with Crippen molar-refractivity contribution in [3.63, 3.8) is 0 Å². The van der Waals surface area contributed by atoms with Gasteiger partial charge in [0.15, 0.2) is 6.20 Å². The lowest BCUT2D eigenvalue weighted by Crippen LogP contribution is -2.31. The number of rotatable bonds is 2. The van der Waals surface area contributed by atoms with Crippen molar-refractivity contribution in [2.45, 2.75) is 26.2 Å². The van der Waals surface area contributed by atoms with Gasteiger partial charge in [-0.05, 0) is 64.6 Å². The number of aromatic nitrogens is 1. The van der Waals surface area contributed by atoms with E-state index in [1.165, 1.54) is 39.1 Å². The van der Waals surface area contributed by atoms with Gasteiger partial charge in [0.2, 0.25) is 5.69 Å². The van der Waals surface area contributed by atoms with E-state index in [2.05, 4.69) is 81.1 Å². The summed E-state index contributed by atoms with van der Waals surface area (Å²) in [6.45, 7) is 6.69. The van der Waals surface area contributed by atoms with Gasteiger partial charge in [-0.2, -0.15) is 10.5 Å². The van der Waals surface area contributed by atoms with E-state index < -0.39 is 0 Å². The molecule has 1 heterocycles. The van der Waals surface area contributed by atoms with Crippen LogP contribution in [0.15, 0.2) is 72.9 Å². The normalized spacial score (nSPS) is 13.0. The van der Waals surface area contributed by atoms with Crippen molar-refractivity contribution >= 4 is 0 Å². The molecule has 0 bridgehead atoms. The Bertz CT molecular complexity index is 1510. The van der Waals surface area contributed by atoms with Crippen LogP contribution in [-0.2, 0) is 12.5 Å². The summed E-state index contributed by atoms with van der Waals surface area (Å²) in [5.74, 6) is 0. The van der Waals surface area contributed by atoms with Crippen LogP contribution in [0, 0.1) is 29.6 Å². The Morgan fingerprint density at radius 1 is 0.758 bits per heavy atom. The Kier molecular flexibility index (Phi) is 4.66. The molecule has 5 rings (SSSR count). The maximum absolute atomic E-state index is 10.0. The number of nitriles is 2. The van der Waals surface area contributed by atoms with Crippen LogP contribution in [0.25, 0.3) is 33.5 Å². The van der Waals surface area contributed by atoms with Crippen molar-refractivity contribution in [1.29, 1.82) is 10.5 Å². The number of hydrogen-bond donors (Lipinski definition) is 0. The molecular formula is C30H24N3+. The summed E-state index contributed by atoms with van der Waals surface area (Å²) in [4.78, 5) is 0. The first-order chi connectivity index (χ1) is 15.9. The Labute approximate surface area is 194 Å². The zero-order valence-corrected chi connectivity index (χ0v) is 19.3. The quantitative estimate of drug-likeness (QED) is 0.358. The molecule has 1 aliphatic carbocycles. The molecule has 33 heavy (non-hydrogen) atoms. The zero-order valence-electron chi connectivity index (χ0n) is 19.3. The maximum atomic E-state index is 10.0. The Balaban J connectivity index is 1.86. The molecule has 0 unspecified atom stereocenters. The van der Waals surface area contributed by atoms with Gasteiger partial charge in [-0.15, -0.1) is 0 Å². The predicted molar refractivity (Wildman–Crippen MR) is 130 cm³/mol. The number of benzene rings is 3. The zero-order chi connectivity index (χ0) is 23.3. The molecule has 0 saturated carbocycles. The van der Waals surface area contributed by atoms with E-state index in [0.29, 0.717) is 11.1 Å². The second-order valence-electron chi connectivity index (χ2n) is 9.21. The fourth-order valence-electron chi connectivity index (χ4n) is 5.40. The first-order valence-electron chi connectivity index (χ1n) is 11.1. The minimum Gasteiger partial charge on any atom is -0.201 e. The number of fused-ring (bicyclic) bond motifs is 3. The predicted octanol–water partition coefficient (Wildman–Crippen LogP) is 6.20. The molecule has 0 N–H and O–H groups in total. The van der Waals surface area contributed by atoms with Gasteiger partial charge in [0.25, 0.3) is 0 Å². The molecule has 0 amide bonds. The number of hydrogen-bond acceptors (Lipinski definition) is 2. The highest BCUT2D eigenvalue weighted by Crippen LogP contribution is 2.55. The standard InChI is InChI=1S/C30H24N3/c1-19-8-14-23-24-15-13-22(18-32)27(21-11-9-20(17-31)10-12-21)29(24)30(2,3)28(23)26(19)25-7-5-6-16-33(25)4/h5-16H,1-4H3/q+1. The molecule has 0 aliphatic heterocycles. The van der Waals surface area contributed by atoms with E-state index in [1.54, 1.807) is 0 Å². The van der Waals surface area contributed by atoms with E-state index in [1.807, 2.05) is 36.4 Å². The van der Waals surface area contributed by atoms with Crippen molar-refractivity contribution < 1.29 is 4.57 Å². The van der Waals surface area contributed by atoms with E-state index in [-0.39, 0.29) is 5.41 Å². The Hall–Kier alpha value is -4.21. The molecule has 3 heteroatoms. The summed E-state index contributed by atoms with van der Waals surface area (Å²) in [6.07, 6.45) is 2.08. The first-order valence-corrected chi connectivity index (χ1v) is 11.1. The van der Waals surface area contributed by atoms with Crippen LogP contribution in [0.2, 0.25) is 0 Å². The molecule has 0 atom stereocenters. The largest absolute Gasteiger partial charge is 0.212 e. The Morgan fingerprint density at radius 2 is 1.42 bits per heavy atom. The fourth-order valence-corrected chi connectivity index (χ4v) is 5.40. The van der Waals surface area contributed by atoms with Crippen molar-refractivity contribution in [2.24, 2.45) is 7.05 Å². The average Bonchev–Trinajstić information content (AvgIpc) is 3.06. The average molecular weight is 427 g/mol. The molecule has 1 aliphatic rings. The number of pyridine rings is 1. The van der Waals surface area contributed by atoms with Crippen LogP contribution < -0.4 is 4.57 Å². The monoisotopic (exact) mass is 426 g/mol. The summed E-state index contributed by atoms with van der Waals surface area (Å²) in [5, 5.41) is 19.2. The van der Waals surface area contributed by atoms with Crippen LogP contribution in [0.4, 0.5) is 0 Å². The third-order valence-corrected chi connectivity index (χ3v) is 6.89. The molecule has 0 saturated heterocycles. The topological polar surface area (TPSA) is 51.5 Å². The summed E-state index contributed by atoms with van der Waals surface area (Å²) >= 11 is 0. The van der Waals surface area contributed by atoms with Crippen LogP contribution >= 0.6 is 0 Å². The lowest BCUT2D eigenvalue weighted by molar-refractivity contribution is -0.660. The molecule has 3 aromatic carbocycles. The summed E-state index contributed by atoms with van der Waals surface area (Å²) in [7, 11) is 2.08. The van der Waals surface area contributed by atoms with Crippen LogP contribution in [0.3, 0.4) is 0 Å². The van der Waals surface area contributed by atoms with Crippen molar-refractivity contribution in [3.8, 4) is 45.6 Å². The molecule has 158 valence electrons. The third kappa shape index (κ3) is 2.98. The fraction of sp³-hybridized carbons (Fsp3) is 0.167. The van der Waals surface area contributed by atoms with Gasteiger partial charge in [0.05, 0.1) is 28.8 Å². The Morgan fingerprint density at radius 3 is 2.06 bits per heavy atom. The highest BCUT2D eigenvalue weighted by molar-refractivity contribution is 5.94. The van der Waals surface area contributed by atoms with Crippen molar-refractivity contribution in [1.82, 2.24) is 0 Å². The minimum absolute atomic E-state index is 0.315. The van der Waals surface area contributed by atoms with Crippen LogP contribution in [0.1, 0.15) is 41.7 Å². The van der Waals surface area contributed by atoms with E-state index >= 15 is 0 Å². The van der Waals surface area contributed by atoms with Gasteiger partial charge in [-0.3, -0.25) is 0 Å². The van der Waals surface area contributed by atoms with Gasteiger partial charge in [0, 0.05) is 23.1 Å². The highest BCUT2D eigenvalue weighted by atomic mass is 14.9. The summed E-state index contributed by atoms with van der Waals surface area (Å²) in [5.41, 5.74) is 11.4. The second-order valence-corrected chi connectivity index (χ2v) is 9.21. The van der Waals surface area contributed by atoms with Gasteiger partial charge in [-0.25, -0.2) is 4.57 Å². The first kappa shape index (κ1) is 20.7. The van der Waals surface area contributed by atoms with E-state index in [9.17, 15) is 10.5 Å². The van der Waals surface area contributed by atoms with Crippen LogP contribution in [0.5, 0.6) is 0 Å².